The zero-order valence-corrected chi connectivity index (χ0v) is 6.46. The van der Waals surface area contributed by atoms with Gasteiger partial charge in [-0.3, -0.25) is 4.48 Å². The van der Waals surface area contributed by atoms with Crippen molar-refractivity contribution in [3.05, 3.63) is 12.4 Å². The van der Waals surface area contributed by atoms with Gasteiger partial charge >= 0.3 is 0 Å². The Morgan fingerprint density at radius 1 is 1.67 bits per heavy atom. The Morgan fingerprint density at radius 3 is 2.56 bits per heavy atom. The first-order valence-corrected chi connectivity index (χ1v) is 3.40. The van der Waals surface area contributed by atoms with E-state index in [2.05, 4.69) is 38.3 Å². The molecule has 0 spiro atoms. The molecule has 0 aromatic heterocycles. The highest BCUT2D eigenvalue weighted by molar-refractivity contribution is 4.77. The third-order valence-corrected chi connectivity index (χ3v) is 1.95. The Balaban J connectivity index is 2.57. The number of rotatable bonds is 1. The second kappa shape index (κ2) is 2.03. The van der Waals surface area contributed by atoms with Crippen molar-refractivity contribution < 1.29 is 4.48 Å². The average Bonchev–Trinajstić information content (AvgIpc) is 2.13. The molecular weight excluding hydrogens is 112 g/mol. The summed E-state index contributed by atoms with van der Waals surface area (Å²) in [6.07, 6.45) is 4.38. The Hall–Kier alpha value is -0.500. The quantitative estimate of drug-likeness (QED) is 0.471. The summed E-state index contributed by atoms with van der Waals surface area (Å²) in [5.74, 6) is 0. The van der Waals surface area contributed by atoms with Gasteiger partial charge in [0.05, 0.1) is 19.8 Å². The molecule has 1 rings (SSSR count). The summed E-state index contributed by atoms with van der Waals surface area (Å²) >= 11 is 0. The summed E-state index contributed by atoms with van der Waals surface area (Å²) in [4.78, 5) is 2.21. The van der Waals surface area contributed by atoms with Crippen LogP contribution < -0.4 is 0 Å². The maximum atomic E-state index is 2.24. The van der Waals surface area contributed by atoms with Gasteiger partial charge in [0, 0.05) is 7.05 Å². The van der Waals surface area contributed by atoms with Crippen LogP contribution in [0, 0.1) is 0 Å². The minimum Gasteiger partial charge on any atom is -0.329 e. The molecule has 9 heavy (non-hydrogen) atoms. The molecule has 2 nitrogen and oxygen atoms in total. The predicted octanol–water partition coefficient (Wildman–Crippen LogP) is 0.827. The fraction of sp³-hybridized carbons (Fsp3) is 0.714. The van der Waals surface area contributed by atoms with Crippen LogP contribution in [0.3, 0.4) is 0 Å². The standard InChI is InChI=1S/C7H15N2/c1-4-9(3)6-5-8(2)7-9/h5-6H,4,7H2,1-3H3/q+1. The second-order valence-electron chi connectivity index (χ2n) is 2.99. The second-order valence-corrected chi connectivity index (χ2v) is 2.99. The minimum atomic E-state index is 1.05. The Morgan fingerprint density at radius 2 is 2.33 bits per heavy atom. The molecule has 1 aliphatic heterocycles. The van der Waals surface area contributed by atoms with E-state index in [9.17, 15) is 0 Å². The summed E-state index contributed by atoms with van der Waals surface area (Å²) in [6, 6.07) is 0. The van der Waals surface area contributed by atoms with Crippen LogP contribution in [-0.4, -0.2) is 36.7 Å². The summed E-state index contributed by atoms with van der Waals surface area (Å²) < 4.78 is 1.05. The van der Waals surface area contributed by atoms with Crippen LogP contribution in [0.25, 0.3) is 0 Å². The topological polar surface area (TPSA) is 3.24 Å². The summed E-state index contributed by atoms with van der Waals surface area (Å²) in [5, 5.41) is 0. The Bertz CT molecular complexity index is 131. The van der Waals surface area contributed by atoms with E-state index >= 15 is 0 Å². The van der Waals surface area contributed by atoms with Gasteiger partial charge in [-0.1, -0.05) is 0 Å². The zero-order valence-electron chi connectivity index (χ0n) is 6.46. The number of quaternary nitrogens is 1. The normalized spacial score (nSPS) is 33.9. The molecule has 0 saturated carbocycles. The molecule has 0 bridgehead atoms. The van der Waals surface area contributed by atoms with Crippen molar-refractivity contribution >= 4 is 0 Å². The van der Waals surface area contributed by atoms with Gasteiger partial charge in [0.25, 0.3) is 0 Å². The van der Waals surface area contributed by atoms with Crippen molar-refractivity contribution in [3.8, 4) is 0 Å². The number of hydrogen-bond acceptors (Lipinski definition) is 1. The molecule has 0 fully saturated rings. The molecule has 1 aliphatic rings. The van der Waals surface area contributed by atoms with E-state index in [4.69, 9.17) is 0 Å². The lowest BCUT2D eigenvalue weighted by atomic mass is 10.5. The van der Waals surface area contributed by atoms with Crippen molar-refractivity contribution in [2.75, 3.05) is 27.3 Å². The lowest BCUT2D eigenvalue weighted by Gasteiger charge is -2.25. The van der Waals surface area contributed by atoms with Crippen molar-refractivity contribution in [2.24, 2.45) is 0 Å². The monoisotopic (exact) mass is 127 g/mol. The van der Waals surface area contributed by atoms with E-state index in [1.165, 1.54) is 6.54 Å². The van der Waals surface area contributed by atoms with Crippen LogP contribution in [0.5, 0.6) is 0 Å². The van der Waals surface area contributed by atoms with Gasteiger partial charge in [0.2, 0.25) is 0 Å². The van der Waals surface area contributed by atoms with Crippen LogP contribution in [0.4, 0.5) is 0 Å². The minimum absolute atomic E-state index is 1.05. The van der Waals surface area contributed by atoms with E-state index in [0.717, 1.165) is 11.2 Å². The molecule has 0 amide bonds. The van der Waals surface area contributed by atoms with E-state index < -0.39 is 0 Å². The molecule has 1 unspecified atom stereocenters. The number of nitrogens with zero attached hydrogens (tertiary/aromatic N) is 2. The molecule has 0 aromatic carbocycles. The molecule has 0 N–H and O–H groups in total. The van der Waals surface area contributed by atoms with Crippen molar-refractivity contribution in [3.63, 3.8) is 0 Å². The van der Waals surface area contributed by atoms with Crippen LogP contribution in [0.1, 0.15) is 6.92 Å². The van der Waals surface area contributed by atoms with Crippen LogP contribution in [-0.2, 0) is 0 Å². The van der Waals surface area contributed by atoms with Gasteiger partial charge in [-0.05, 0) is 6.92 Å². The highest BCUT2D eigenvalue weighted by atomic mass is 15.4. The summed E-state index contributed by atoms with van der Waals surface area (Å²) in [5.41, 5.74) is 0. The van der Waals surface area contributed by atoms with E-state index in [1.54, 1.807) is 0 Å². The van der Waals surface area contributed by atoms with E-state index in [-0.39, 0.29) is 0 Å². The third kappa shape index (κ3) is 1.24. The van der Waals surface area contributed by atoms with Crippen LogP contribution in [0.2, 0.25) is 0 Å². The molecule has 0 aliphatic carbocycles. The van der Waals surface area contributed by atoms with E-state index in [0.29, 0.717) is 0 Å². The van der Waals surface area contributed by atoms with Crippen molar-refractivity contribution in [1.29, 1.82) is 0 Å². The maximum Gasteiger partial charge on any atom is 0.158 e. The summed E-state index contributed by atoms with van der Waals surface area (Å²) in [7, 11) is 4.34. The van der Waals surface area contributed by atoms with Gasteiger partial charge in [-0.15, -0.1) is 0 Å². The fourth-order valence-electron chi connectivity index (χ4n) is 1.08. The molecule has 1 heterocycles. The van der Waals surface area contributed by atoms with Gasteiger partial charge in [0.1, 0.15) is 6.20 Å². The van der Waals surface area contributed by atoms with Gasteiger partial charge in [-0.2, -0.15) is 0 Å². The molecule has 1 atom stereocenters. The van der Waals surface area contributed by atoms with Gasteiger partial charge in [0.15, 0.2) is 6.67 Å². The predicted molar refractivity (Wildman–Crippen MR) is 38.5 cm³/mol. The average molecular weight is 127 g/mol. The fourth-order valence-corrected chi connectivity index (χ4v) is 1.08. The smallest absolute Gasteiger partial charge is 0.158 e. The lowest BCUT2D eigenvalue weighted by Crippen LogP contribution is -2.39. The molecule has 2 heteroatoms. The molecule has 0 aromatic rings. The highest BCUT2D eigenvalue weighted by Crippen LogP contribution is 2.11. The number of hydrogen-bond donors (Lipinski definition) is 0. The largest absolute Gasteiger partial charge is 0.329 e. The third-order valence-electron chi connectivity index (χ3n) is 1.95. The first kappa shape index (κ1) is 6.62. The Kier molecular flexibility index (Phi) is 1.49. The van der Waals surface area contributed by atoms with E-state index in [1.807, 2.05) is 0 Å². The highest BCUT2D eigenvalue weighted by Gasteiger charge is 2.22. The maximum absolute atomic E-state index is 2.24. The molecule has 52 valence electrons. The summed E-state index contributed by atoms with van der Waals surface area (Å²) in [6.45, 7) is 4.51. The lowest BCUT2D eigenvalue weighted by molar-refractivity contribution is -0.859. The zero-order chi connectivity index (χ0) is 6.91. The van der Waals surface area contributed by atoms with Gasteiger partial charge in [-0.25, -0.2) is 0 Å². The molecule has 0 saturated heterocycles. The first-order chi connectivity index (χ1) is 4.16. The molecular formula is C7H15N2+. The first-order valence-electron chi connectivity index (χ1n) is 3.40. The van der Waals surface area contributed by atoms with Crippen LogP contribution >= 0.6 is 0 Å². The SMILES string of the molecule is CC[N+]1(C)C=CN(C)C1. The van der Waals surface area contributed by atoms with Gasteiger partial charge < -0.3 is 4.90 Å². The van der Waals surface area contributed by atoms with Crippen LogP contribution in [0.15, 0.2) is 12.4 Å². The van der Waals surface area contributed by atoms with Crippen molar-refractivity contribution in [2.45, 2.75) is 6.92 Å². The Labute approximate surface area is 57.0 Å². The molecule has 0 radical (unpaired) electrons. The van der Waals surface area contributed by atoms with Crippen molar-refractivity contribution in [1.82, 2.24) is 4.90 Å².